The van der Waals surface area contributed by atoms with Crippen molar-refractivity contribution in [2.45, 2.75) is 24.7 Å². The van der Waals surface area contributed by atoms with E-state index in [1.54, 1.807) is 0 Å². The van der Waals surface area contributed by atoms with Crippen LogP contribution in [0.5, 0.6) is 0 Å². The molecule has 2 unspecified atom stereocenters. The Morgan fingerprint density at radius 2 is 1.85 bits per heavy atom. The molecule has 80 valence electrons. The fourth-order valence-corrected chi connectivity index (χ4v) is 1.07. The lowest BCUT2D eigenvalue weighted by molar-refractivity contribution is -0.0993. The highest BCUT2D eigenvalue weighted by Gasteiger charge is 2.25. The van der Waals surface area contributed by atoms with Gasteiger partial charge in [-0.3, -0.25) is 0 Å². The summed E-state index contributed by atoms with van der Waals surface area (Å²) in [6.07, 6.45) is -2.29. The van der Waals surface area contributed by atoms with Gasteiger partial charge in [-0.05, 0) is 6.42 Å². The molecule has 0 saturated carbocycles. The van der Waals surface area contributed by atoms with Crippen LogP contribution in [-0.2, 0) is 9.47 Å². The van der Waals surface area contributed by atoms with E-state index in [9.17, 15) is 10.2 Å². The van der Waals surface area contributed by atoms with Crippen LogP contribution in [0.1, 0.15) is 6.42 Å². The summed E-state index contributed by atoms with van der Waals surface area (Å²) in [6.45, 7) is -0.0400. The summed E-state index contributed by atoms with van der Waals surface area (Å²) in [7, 11) is 2.85. The summed E-state index contributed by atoms with van der Waals surface area (Å²) >= 11 is 0. The van der Waals surface area contributed by atoms with Crippen LogP contribution in [-0.4, -0.2) is 61.1 Å². The van der Waals surface area contributed by atoms with Gasteiger partial charge in [-0.1, -0.05) is 0 Å². The number of methoxy groups -OCH3 is 2. The van der Waals surface area contributed by atoms with E-state index in [0.29, 0.717) is 6.42 Å². The Labute approximate surface area is 77.9 Å². The van der Waals surface area contributed by atoms with Gasteiger partial charge in [0.15, 0.2) is 0 Å². The Bertz CT molecular complexity index is 119. The highest BCUT2D eigenvalue weighted by Crippen LogP contribution is 2.07. The molecule has 0 heterocycles. The molecule has 0 amide bonds. The van der Waals surface area contributed by atoms with Crippen molar-refractivity contribution in [3.05, 3.63) is 0 Å². The summed E-state index contributed by atoms with van der Waals surface area (Å²) in [5, 5.41) is 27.4. The minimum atomic E-state index is -1.03. The molecule has 0 aromatic rings. The Morgan fingerprint density at radius 1 is 1.23 bits per heavy atom. The summed E-state index contributed by atoms with van der Waals surface area (Å²) in [6, 6.07) is 0. The fourth-order valence-electron chi connectivity index (χ4n) is 1.07. The maximum atomic E-state index is 9.47. The number of hydrogen-bond donors (Lipinski definition) is 3. The molecule has 13 heavy (non-hydrogen) atoms. The zero-order valence-corrected chi connectivity index (χ0v) is 8.01. The lowest BCUT2D eigenvalue weighted by atomic mass is 10.1. The van der Waals surface area contributed by atoms with Gasteiger partial charge in [0.05, 0.1) is 12.7 Å². The van der Waals surface area contributed by atoms with Crippen molar-refractivity contribution in [3.63, 3.8) is 0 Å². The average Bonchev–Trinajstić information content (AvgIpc) is 2.13. The third kappa shape index (κ3) is 4.54. The van der Waals surface area contributed by atoms with Crippen LogP contribution in [0.2, 0.25) is 0 Å². The van der Waals surface area contributed by atoms with Gasteiger partial charge < -0.3 is 24.8 Å². The highest BCUT2D eigenvalue weighted by molar-refractivity contribution is 4.75. The normalized spacial score (nSPS) is 18.2. The molecule has 0 saturated heterocycles. The molecule has 5 nitrogen and oxygen atoms in total. The number of aliphatic hydroxyl groups excluding tert-OH is 3. The van der Waals surface area contributed by atoms with Gasteiger partial charge in [0.25, 0.3) is 0 Å². The molecule has 5 heteroatoms. The molecule has 0 aliphatic carbocycles. The molecule has 3 atom stereocenters. The van der Waals surface area contributed by atoms with Crippen LogP contribution in [0.15, 0.2) is 0 Å². The van der Waals surface area contributed by atoms with Crippen LogP contribution in [0.25, 0.3) is 0 Å². The van der Waals surface area contributed by atoms with Gasteiger partial charge in [-0.2, -0.15) is 0 Å². The predicted molar refractivity (Wildman–Crippen MR) is 46.4 cm³/mol. The maximum absolute atomic E-state index is 9.47. The first kappa shape index (κ1) is 12.8. The molecule has 0 fully saturated rings. The van der Waals surface area contributed by atoms with Crippen LogP contribution in [0, 0.1) is 0 Å². The SMILES string of the molecule is COCC(O)C(O)[C@@H](CCO)OC. The Balaban J connectivity index is 3.94. The molecule has 0 rings (SSSR count). The molecule has 3 N–H and O–H groups in total. The number of aliphatic hydroxyl groups is 3. The van der Waals surface area contributed by atoms with Crippen LogP contribution in [0.4, 0.5) is 0 Å². The minimum Gasteiger partial charge on any atom is -0.396 e. The molecular weight excluding hydrogens is 176 g/mol. The van der Waals surface area contributed by atoms with Crippen LogP contribution in [0.3, 0.4) is 0 Å². The zero-order valence-electron chi connectivity index (χ0n) is 8.01. The van der Waals surface area contributed by atoms with Crippen molar-refractivity contribution >= 4 is 0 Å². The maximum Gasteiger partial charge on any atom is 0.108 e. The second kappa shape index (κ2) is 7.23. The lowest BCUT2D eigenvalue weighted by Crippen LogP contribution is -2.41. The second-order valence-electron chi connectivity index (χ2n) is 2.80. The number of hydrogen-bond acceptors (Lipinski definition) is 5. The van der Waals surface area contributed by atoms with Gasteiger partial charge >= 0.3 is 0 Å². The first-order valence-corrected chi connectivity index (χ1v) is 4.16. The highest BCUT2D eigenvalue weighted by atomic mass is 16.5. The molecule has 0 aromatic carbocycles. The average molecular weight is 194 g/mol. The quantitative estimate of drug-likeness (QED) is 0.472. The van der Waals surface area contributed by atoms with Crippen molar-refractivity contribution in [3.8, 4) is 0 Å². The monoisotopic (exact) mass is 194 g/mol. The van der Waals surface area contributed by atoms with E-state index < -0.39 is 18.3 Å². The van der Waals surface area contributed by atoms with E-state index in [-0.39, 0.29) is 13.2 Å². The Hall–Kier alpha value is -0.200. The summed E-state index contributed by atoms with van der Waals surface area (Å²) in [4.78, 5) is 0. The van der Waals surface area contributed by atoms with Crippen molar-refractivity contribution < 1.29 is 24.8 Å². The largest absolute Gasteiger partial charge is 0.396 e. The third-order valence-electron chi connectivity index (χ3n) is 1.83. The Kier molecular flexibility index (Phi) is 7.12. The van der Waals surface area contributed by atoms with Gasteiger partial charge in [-0.15, -0.1) is 0 Å². The standard InChI is InChI=1S/C8H18O5/c1-12-5-6(10)8(11)7(13-2)3-4-9/h6-11H,3-5H2,1-2H3/t6?,7-,8?/m1/s1. The first-order valence-electron chi connectivity index (χ1n) is 4.16. The van der Waals surface area contributed by atoms with E-state index in [2.05, 4.69) is 4.74 Å². The first-order chi connectivity index (χ1) is 6.17. The van der Waals surface area contributed by atoms with Crippen LogP contribution >= 0.6 is 0 Å². The van der Waals surface area contributed by atoms with Crippen molar-refractivity contribution in [2.75, 3.05) is 27.4 Å². The Morgan fingerprint density at radius 3 is 2.23 bits per heavy atom. The van der Waals surface area contributed by atoms with E-state index in [0.717, 1.165) is 0 Å². The molecule has 0 radical (unpaired) electrons. The molecule has 0 aromatic heterocycles. The summed E-state index contributed by atoms with van der Waals surface area (Å²) in [5.74, 6) is 0. The lowest BCUT2D eigenvalue weighted by Gasteiger charge is -2.24. The van der Waals surface area contributed by atoms with E-state index in [1.165, 1.54) is 14.2 Å². The van der Waals surface area contributed by atoms with Crippen molar-refractivity contribution in [1.82, 2.24) is 0 Å². The van der Waals surface area contributed by atoms with E-state index in [4.69, 9.17) is 9.84 Å². The topological polar surface area (TPSA) is 79.2 Å². The predicted octanol–water partition coefficient (Wildman–Crippen LogP) is -1.25. The van der Waals surface area contributed by atoms with E-state index >= 15 is 0 Å². The van der Waals surface area contributed by atoms with Gasteiger partial charge in [0, 0.05) is 20.8 Å². The molecule has 0 bridgehead atoms. The minimum absolute atomic E-state index is 0.0481. The van der Waals surface area contributed by atoms with E-state index in [1.807, 2.05) is 0 Å². The number of rotatable bonds is 7. The van der Waals surface area contributed by atoms with Crippen LogP contribution < -0.4 is 0 Å². The zero-order chi connectivity index (χ0) is 10.3. The van der Waals surface area contributed by atoms with Gasteiger partial charge in [0.1, 0.15) is 12.2 Å². The molecule has 0 aliphatic rings. The van der Waals surface area contributed by atoms with Crippen molar-refractivity contribution in [2.24, 2.45) is 0 Å². The summed E-state index contributed by atoms with van der Waals surface area (Å²) in [5.41, 5.74) is 0. The van der Waals surface area contributed by atoms with Gasteiger partial charge in [0.2, 0.25) is 0 Å². The fraction of sp³-hybridized carbons (Fsp3) is 1.00. The second-order valence-corrected chi connectivity index (χ2v) is 2.80. The summed E-state index contributed by atoms with van der Waals surface area (Å²) < 4.78 is 9.56. The molecular formula is C8H18O5. The van der Waals surface area contributed by atoms with Gasteiger partial charge in [-0.25, -0.2) is 0 Å². The smallest absolute Gasteiger partial charge is 0.108 e. The number of ether oxygens (including phenoxy) is 2. The van der Waals surface area contributed by atoms with Crippen molar-refractivity contribution in [1.29, 1.82) is 0 Å². The third-order valence-corrected chi connectivity index (χ3v) is 1.83. The molecule has 0 spiro atoms. The molecule has 0 aliphatic heterocycles.